The molecule has 0 bridgehead atoms. The molecule has 2 rings (SSSR count). The second-order valence-corrected chi connectivity index (χ2v) is 5.39. The van der Waals surface area contributed by atoms with Gasteiger partial charge in [-0.25, -0.2) is 14.4 Å². The van der Waals surface area contributed by atoms with Crippen LogP contribution in [0, 0.1) is 6.92 Å². The number of hydrogen-bond donors (Lipinski definition) is 1. The number of amides is 3. The van der Waals surface area contributed by atoms with E-state index in [1.165, 1.54) is 20.3 Å². The molecule has 25 heavy (non-hydrogen) atoms. The molecule has 0 atom stereocenters. The standard InChI is InChI=1S/C15H15N3O6S/c1-8-11(13(19)23-15(21)18(25-3)14(16)20)12(17-24-8)9-4-6-10(22-2)7-5-9/h4-7H,1-3H3,(H2,16,20). The van der Waals surface area contributed by atoms with Gasteiger partial charge in [-0.2, -0.15) is 4.31 Å². The smallest absolute Gasteiger partial charge is 0.436 e. The number of benzene rings is 1. The fourth-order valence-corrected chi connectivity index (χ4v) is 2.35. The zero-order valence-corrected chi connectivity index (χ0v) is 14.5. The SMILES string of the molecule is COc1ccc(-c2noc(C)c2C(=O)OC(=O)N(SC)C(N)=O)cc1. The third kappa shape index (κ3) is 3.91. The maximum Gasteiger partial charge on any atom is 0.436 e. The van der Waals surface area contributed by atoms with Crippen molar-refractivity contribution < 1.29 is 28.4 Å². The fraction of sp³-hybridized carbons (Fsp3) is 0.200. The molecule has 132 valence electrons. The molecule has 1 heterocycles. The molecule has 9 nitrogen and oxygen atoms in total. The molecule has 2 aromatic rings. The van der Waals surface area contributed by atoms with Gasteiger partial charge in [-0.1, -0.05) is 5.16 Å². The predicted octanol–water partition coefficient (Wildman–Crippen LogP) is 2.59. The number of aromatic nitrogens is 1. The first-order chi connectivity index (χ1) is 11.9. The molecule has 1 aromatic heterocycles. The Morgan fingerprint density at radius 2 is 1.88 bits per heavy atom. The van der Waals surface area contributed by atoms with Crippen LogP contribution >= 0.6 is 11.9 Å². The highest BCUT2D eigenvalue weighted by Gasteiger charge is 2.28. The van der Waals surface area contributed by atoms with E-state index in [0.717, 1.165) is 0 Å². The number of rotatable bonds is 4. The highest BCUT2D eigenvalue weighted by molar-refractivity contribution is 7.97. The first kappa shape index (κ1) is 18.3. The lowest BCUT2D eigenvalue weighted by molar-refractivity contribution is 0.0603. The molecule has 0 spiro atoms. The number of aryl methyl sites for hydroxylation is 1. The highest BCUT2D eigenvalue weighted by Crippen LogP contribution is 2.27. The first-order valence-corrected chi connectivity index (χ1v) is 8.07. The summed E-state index contributed by atoms with van der Waals surface area (Å²) in [5.74, 6) is -0.214. The summed E-state index contributed by atoms with van der Waals surface area (Å²) < 4.78 is 15.3. The third-order valence-electron chi connectivity index (χ3n) is 3.16. The molecule has 3 amide bonds. The van der Waals surface area contributed by atoms with Crippen molar-refractivity contribution in [2.75, 3.05) is 13.4 Å². The lowest BCUT2D eigenvalue weighted by Crippen LogP contribution is -2.36. The van der Waals surface area contributed by atoms with E-state index in [0.29, 0.717) is 27.6 Å². The molecule has 0 aliphatic heterocycles. The van der Waals surface area contributed by atoms with Crippen molar-refractivity contribution in [2.45, 2.75) is 6.92 Å². The second kappa shape index (κ2) is 7.71. The zero-order valence-electron chi connectivity index (χ0n) is 13.6. The largest absolute Gasteiger partial charge is 0.497 e. The Kier molecular flexibility index (Phi) is 5.65. The number of nitrogens with zero attached hydrogens (tertiary/aromatic N) is 2. The maximum absolute atomic E-state index is 12.3. The average Bonchev–Trinajstić information content (AvgIpc) is 2.96. The summed E-state index contributed by atoms with van der Waals surface area (Å²) in [7, 11) is 1.53. The molecular formula is C15H15N3O6S. The summed E-state index contributed by atoms with van der Waals surface area (Å²) in [6, 6.07) is 5.66. The quantitative estimate of drug-likeness (QED) is 0.498. The van der Waals surface area contributed by atoms with E-state index >= 15 is 0 Å². The maximum atomic E-state index is 12.3. The van der Waals surface area contributed by atoms with Gasteiger partial charge in [0.25, 0.3) is 0 Å². The summed E-state index contributed by atoms with van der Waals surface area (Å²) in [6.07, 6.45) is 0.232. The van der Waals surface area contributed by atoms with Gasteiger partial charge >= 0.3 is 18.1 Å². The lowest BCUT2D eigenvalue weighted by atomic mass is 10.1. The minimum Gasteiger partial charge on any atom is -0.497 e. The van der Waals surface area contributed by atoms with E-state index in [2.05, 4.69) is 5.16 Å². The van der Waals surface area contributed by atoms with Crippen LogP contribution in [-0.2, 0) is 4.74 Å². The van der Waals surface area contributed by atoms with Crippen LogP contribution in [0.4, 0.5) is 9.59 Å². The molecule has 0 unspecified atom stereocenters. The fourth-order valence-electron chi connectivity index (χ4n) is 1.98. The van der Waals surface area contributed by atoms with Gasteiger partial charge in [0.15, 0.2) is 0 Å². The van der Waals surface area contributed by atoms with E-state index in [1.807, 2.05) is 0 Å². The van der Waals surface area contributed by atoms with Gasteiger partial charge in [0.2, 0.25) is 0 Å². The molecule has 0 saturated carbocycles. The van der Waals surface area contributed by atoms with E-state index in [9.17, 15) is 14.4 Å². The van der Waals surface area contributed by atoms with Crippen molar-refractivity contribution in [1.82, 2.24) is 9.46 Å². The van der Waals surface area contributed by atoms with Crippen LogP contribution < -0.4 is 10.5 Å². The minimum atomic E-state index is -1.20. The van der Waals surface area contributed by atoms with Gasteiger partial charge in [-0.05, 0) is 43.1 Å². The number of esters is 1. The molecule has 10 heteroatoms. The molecule has 0 aliphatic rings. The zero-order chi connectivity index (χ0) is 18.6. The summed E-state index contributed by atoms with van der Waals surface area (Å²) in [6.45, 7) is 1.50. The van der Waals surface area contributed by atoms with Gasteiger partial charge in [-0.3, -0.25) is 0 Å². The Balaban J connectivity index is 2.30. The van der Waals surface area contributed by atoms with Gasteiger partial charge in [0, 0.05) is 11.8 Å². The number of imide groups is 1. The van der Waals surface area contributed by atoms with Crippen molar-refractivity contribution in [3.63, 3.8) is 0 Å². The Hall–Kier alpha value is -3.01. The second-order valence-electron chi connectivity index (χ2n) is 4.66. The summed E-state index contributed by atoms with van der Waals surface area (Å²) >= 11 is 0.713. The van der Waals surface area contributed by atoms with E-state index < -0.39 is 18.1 Å². The number of urea groups is 1. The topological polar surface area (TPSA) is 125 Å². The lowest BCUT2D eigenvalue weighted by Gasteiger charge is -2.13. The predicted molar refractivity (Wildman–Crippen MR) is 89.0 cm³/mol. The van der Waals surface area contributed by atoms with Crippen LogP contribution in [0.5, 0.6) is 5.75 Å². The van der Waals surface area contributed by atoms with Crippen LogP contribution in [0.25, 0.3) is 11.3 Å². The number of carbonyl (C=O) groups is 3. The van der Waals surface area contributed by atoms with Crippen molar-refractivity contribution in [3.05, 3.63) is 35.6 Å². The van der Waals surface area contributed by atoms with Crippen LogP contribution in [0.3, 0.4) is 0 Å². The number of ether oxygens (including phenoxy) is 2. The first-order valence-electron chi connectivity index (χ1n) is 6.89. The normalized spacial score (nSPS) is 10.2. The van der Waals surface area contributed by atoms with Crippen LogP contribution in [0.1, 0.15) is 16.1 Å². The van der Waals surface area contributed by atoms with Gasteiger partial charge in [-0.15, -0.1) is 0 Å². The highest BCUT2D eigenvalue weighted by atomic mass is 32.2. The molecule has 0 aliphatic carbocycles. The monoisotopic (exact) mass is 365 g/mol. The molecule has 0 fully saturated rings. The van der Waals surface area contributed by atoms with Crippen molar-refractivity contribution >= 4 is 30.0 Å². The Labute approximate surface area is 147 Å². The van der Waals surface area contributed by atoms with Crippen LogP contribution in [0.15, 0.2) is 28.8 Å². The number of methoxy groups -OCH3 is 1. The molecule has 2 N–H and O–H groups in total. The number of hydrogen-bond acceptors (Lipinski definition) is 8. The van der Waals surface area contributed by atoms with Gasteiger partial charge in [0.05, 0.1) is 7.11 Å². The van der Waals surface area contributed by atoms with E-state index in [-0.39, 0.29) is 17.0 Å². The Morgan fingerprint density at radius 1 is 1.24 bits per heavy atom. The Bertz CT molecular complexity index is 802. The number of nitrogens with two attached hydrogens (primary N) is 1. The van der Waals surface area contributed by atoms with Crippen LogP contribution in [0.2, 0.25) is 0 Å². The van der Waals surface area contributed by atoms with Gasteiger partial charge < -0.3 is 19.7 Å². The Morgan fingerprint density at radius 3 is 2.40 bits per heavy atom. The average molecular weight is 365 g/mol. The molecule has 1 aromatic carbocycles. The third-order valence-corrected chi connectivity index (χ3v) is 3.85. The van der Waals surface area contributed by atoms with E-state index in [4.69, 9.17) is 19.7 Å². The summed E-state index contributed by atoms with van der Waals surface area (Å²) in [4.78, 5) is 35.3. The van der Waals surface area contributed by atoms with E-state index in [1.54, 1.807) is 24.3 Å². The molecule has 0 radical (unpaired) electrons. The van der Waals surface area contributed by atoms with Crippen LogP contribution in [-0.4, -0.2) is 40.9 Å². The summed E-state index contributed by atoms with van der Waals surface area (Å²) in [5, 5.41) is 3.83. The van der Waals surface area contributed by atoms with Crippen molar-refractivity contribution in [3.8, 4) is 17.0 Å². The number of carbonyl (C=O) groups excluding carboxylic acids is 3. The number of primary amides is 1. The minimum absolute atomic E-state index is 0.0240. The molecular weight excluding hydrogens is 350 g/mol. The van der Waals surface area contributed by atoms with Crippen molar-refractivity contribution in [1.29, 1.82) is 0 Å². The summed E-state index contributed by atoms with van der Waals surface area (Å²) in [5.41, 5.74) is 5.77. The van der Waals surface area contributed by atoms with Crippen molar-refractivity contribution in [2.24, 2.45) is 5.73 Å². The van der Waals surface area contributed by atoms with Gasteiger partial charge in [0.1, 0.15) is 22.8 Å². The molecule has 0 saturated heterocycles.